The molecule has 0 aromatic carbocycles. The molecule has 0 aliphatic carbocycles. The van der Waals surface area contributed by atoms with Crippen LogP contribution < -0.4 is 0 Å². The molecule has 0 bridgehead atoms. The average molecular weight is 314 g/mol. The van der Waals surface area contributed by atoms with Gasteiger partial charge in [0.25, 0.3) is 10.0 Å². The van der Waals surface area contributed by atoms with Crippen molar-refractivity contribution in [1.29, 1.82) is 5.26 Å². The molecule has 1 N–H and O–H groups in total. The Hall–Kier alpha value is -1.43. The lowest BCUT2D eigenvalue weighted by molar-refractivity contribution is -0.144. The largest absolute Gasteiger partial charge is 0.480 e. The van der Waals surface area contributed by atoms with E-state index < -0.39 is 22.0 Å². The third-order valence-corrected chi connectivity index (χ3v) is 6.73. The molecule has 1 aliphatic heterocycles. The number of thiophene rings is 1. The molecule has 2 atom stereocenters. The number of sulfonamides is 1. The fourth-order valence-corrected chi connectivity index (χ4v) is 5.37. The third-order valence-electron chi connectivity index (χ3n) is 3.39. The summed E-state index contributed by atoms with van der Waals surface area (Å²) in [7, 11) is -3.86. The number of carboxylic acids is 1. The van der Waals surface area contributed by atoms with E-state index in [1.165, 1.54) is 12.1 Å². The Kier molecular flexibility index (Phi) is 4.13. The summed E-state index contributed by atoms with van der Waals surface area (Å²) in [6.45, 7) is 1.94. The van der Waals surface area contributed by atoms with Crippen molar-refractivity contribution in [2.75, 3.05) is 6.54 Å². The Morgan fingerprint density at radius 2 is 2.25 bits per heavy atom. The number of aliphatic carboxylic acids is 1. The molecule has 6 nitrogen and oxygen atoms in total. The highest BCUT2D eigenvalue weighted by Gasteiger charge is 2.42. The van der Waals surface area contributed by atoms with Gasteiger partial charge in [0.2, 0.25) is 0 Å². The van der Waals surface area contributed by atoms with Gasteiger partial charge in [0.1, 0.15) is 21.2 Å². The molecule has 0 amide bonds. The molecule has 1 fully saturated rings. The molecule has 2 rings (SSSR count). The molecular weight excluding hydrogens is 300 g/mol. The summed E-state index contributed by atoms with van der Waals surface area (Å²) in [6.07, 6.45) is 1.33. The summed E-state index contributed by atoms with van der Waals surface area (Å²) in [4.78, 5) is 11.7. The van der Waals surface area contributed by atoms with Crippen LogP contribution in [0.2, 0.25) is 0 Å². The molecule has 0 saturated carbocycles. The topological polar surface area (TPSA) is 98.5 Å². The second kappa shape index (κ2) is 5.52. The fraction of sp³-hybridized carbons (Fsp3) is 0.500. The monoisotopic (exact) mass is 314 g/mol. The number of carbonyl (C=O) groups is 1. The van der Waals surface area contributed by atoms with Gasteiger partial charge in [-0.3, -0.25) is 4.79 Å². The zero-order valence-corrected chi connectivity index (χ0v) is 12.4. The number of hydrogen-bond donors (Lipinski definition) is 1. The van der Waals surface area contributed by atoms with E-state index in [2.05, 4.69) is 0 Å². The molecule has 1 aromatic heterocycles. The maximum Gasteiger partial charge on any atom is 0.322 e. The maximum atomic E-state index is 12.5. The van der Waals surface area contributed by atoms with Crippen molar-refractivity contribution in [3.05, 3.63) is 17.0 Å². The molecule has 0 radical (unpaired) electrons. The van der Waals surface area contributed by atoms with Crippen molar-refractivity contribution < 1.29 is 18.3 Å². The molecule has 2 unspecified atom stereocenters. The van der Waals surface area contributed by atoms with Crippen LogP contribution >= 0.6 is 11.3 Å². The van der Waals surface area contributed by atoms with Gasteiger partial charge in [-0.2, -0.15) is 9.57 Å². The normalized spacial score (nSPS) is 24.2. The first kappa shape index (κ1) is 15.0. The maximum absolute atomic E-state index is 12.5. The summed E-state index contributed by atoms with van der Waals surface area (Å²) in [6, 6.07) is 3.63. The molecule has 2 heterocycles. The molecule has 0 spiro atoms. The Labute approximate surface area is 121 Å². The van der Waals surface area contributed by atoms with Crippen LogP contribution in [-0.4, -0.2) is 36.4 Å². The standard InChI is InChI=1S/C12H14N2O4S2/c1-8-3-2-6-14(11(8)12(15)16)20(17,18)10-5-4-9(7-13)19-10/h4-5,8,11H,2-3,6H2,1H3,(H,15,16). The Morgan fingerprint density at radius 3 is 2.80 bits per heavy atom. The highest BCUT2D eigenvalue weighted by Crippen LogP contribution is 2.32. The van der Waals surface area contributed by atoms with Crippen LogP contribution in [0.15, 0.2) is 16.3 Å². The van der Waals surface area contributed by atoms with E-state index in [-0.39, 0.29) is 16.7 Å². The highest BCUT2D eigenvalue weighted by atomic mass is 32.2. The zero-order chi connectivity index (χ0) is 14.9. The number of rotatable bonds is 3. The van der Waals surface area contributed by atoms with E-state index in [0.29, 0.717) is 17.7 Å². The van der Waals surface area contributed by atoms with Gasteiger partial charge in [-0.05, 0) is 30.9 Å². The van der Waals surface area contributed by atoms with Gasteiger partial charge in [-0.15, -0.1) is 11.3 Å². The van der Waals surface area contributed by atoms with Crippen molar-refractivity contribution in [1.82, 2.24) is 4.31 Å². The quantitative estimate of drug-likeness (QED) is 0.911. The van der Waals surface area contributed by atoms with E-state index in [1.54, 1.807) is 6.92 Å². The van der Waals surface area contributed by atoms with Crippen molar-refractivity contribution in [3.8, 4) is 6.07 Å². The lowest BCUT2D eigenvalue weighted by atomic mass is 9.93. The van der Waals surface area contributed by atoms with Crippen molar-refractivity contribution in [3.63, 3.8) is 0 Å². The average Bonchev–Trinajstić information content (AvgIpc) is 2.87. The van der Waals surface area contributed by atoms with E-state index in [4.69, 9.17) is 5.26 Å². The predicted octanol–water partition coefficient (Wildman–Crippen LogP) is 1.49. The molecular formula is C12H14N2O4S2. The SMILES string of the molecule is CC1CCCN(S(=O)(=O)c2ccc(C#N)s2)C1C(=O)O. The number of hydrogen-bond acceptors (Lipinski definition) is 5. The van der Waals surface area contributed by atoms with Crippen molar-refractivity contribution in [2.24, 2.45) is 5.92 Å². The van der Waals surface area contributed by atoms with E-state index in [9.17, 15) is 18.3 Å². The fourth-order valence-electron chi connectivity index (χ4n) is 2.42. The van der Waals surface area contributed by atoms with Gasteiger partial charge in [-0.25, -0.2) is 8.42 Å². The molecule has 20 heavy (non-hydrogen) atoms. The Morgan fingerprint density at radius 1 is 1.55 bits per heavy atom. The van der Waals surface area contributed by atoms with Crippen molar-refractivity contribution in [2.45, 2.75) is 30.0 Å². The second-order valence-electron chi connectivity index (χ2n) is 4.75. The van der Waals surface area contributed by atoms with Gasteiger partial charge in [0, 0.05) is 6.54 Å². The first-order valence-electron chi connectivity index (χ1n) is 6.12. The van der Waals surface area contributed by atoms with Crippen LogP contribution in [0.25, 0.3) is 0 Å². The third kappa shape index (κ3) is 2.57. The molecule has 1 saturated heterocycles. The van der Waals surface area contributed by atoms with Crippen LogP contribution in [0.1, 0.15) is 24.6 Å². The molecule has 1 aliphatic rings. The lowest BCUT2D eigenvalue weighted by Crippen LogP contribution is -2.51. The highest BCUT2D eigenvalue weighted by molar-refractivity contribution is 7.91. The Balaban J connectivity index is 2.41. The number of piperidine rings is 1. The van der Waals surface area contributed by atoms with E-state index in [1.807, 2.05) is 6.07 Å². The summed E-state index contributed by atoms with van der Waals surface area (Å²) in [5.74, 6) is -1.36. The first-order valence-corrected chi connectivity index (χ1v) is 8.38. The van der Waals surface area contributed by atoms with Gasteiger partial charge < -0.3 is 5.11 Å². The number of carboxylic acid groups (broad SMARTS) is 1. The van der Waals surface area contributed by atoms with Crippen molar-refractivity contribution >= 4 is 27.3 Å². The second-order valence-corrected chi connectivity index (χ2v) is 7.95. The minimum absolute atomic E-state index is 0.0226. The van der Waals surface area contributed by atoms with E-state index in [0.717, 1.165) is 15.6 Å². The number of nitrogens with zero attached hydrogens (tertiary/aromatic N) is 2. The molecule has 1 aromatic rings. The lowest BCUT2D eigenvalue weighted by Gasteiger charge is -2.35. The van der Waals surface area contributed by atoms with Crippen LogP contribution in [0.4, 0.5) is 0 Å². The van der Waals surface area contributed by atoms with E-state index >= 15 is 0 Å². The van der Waals surface area contributed by atoms with Gasteiger partial charge in [0.15, 0.2) is 0 Å². The summed E-state index contributed by atoms with van der Waals surface area (Å²) >= 11 is 0.865. The minimum Gasteiger partial charge on any atom is -0.480 e. The van der Waals surface area contributed by atoms with Crippen LogP contribution in [0, 0.1) is 17.2 Å². The summed E-state index contributed by atoms with van der Waals surface area (Å²) in [5, 5.41) is 18.1. The Bertz CT molecular complexity index is 659. The summed E-state index contributed by atoms with van der Waals surface area (Å²) in [5.41, 5.74) is 0. The first-order chi connectivity index (χ1) is 9.37. The summed E-state index contributed by atoms with van der Waals surface area (Å²) < 4.78 is 26.2. The van der Waals surface area contributed by atoms with Gasteiger partial charge >= 0.3 is 5.97 Å². The number of nitriles is 1. The van der Waals surface area contributed by atoms with Gasteiger partial charge in [-0.1, -0.05) is 6.92 Å². The zero-order valence-electron chi connectivity index (χ0n) is 10.8. The minimum atomic E-state index is -3.86. The van der Waals surface area contributed by atoms with Crippen LogP contribution in [-0.2, 0) is 14.8 Å². The van der Waals surface area contributed by atoms with Crippen LogP contribution in [0.5, 0.6) is 0 Å². The molecule has 8 heteroatoms. The van der Waals surface area contributed by atoms with Gasteiger partial charge in [0.05, 0.1) is 0 Å². The van der Waals surface area contributed by atoms with Crippen LogP contribution in [0.3, 0.4) is 0 Å². The predicted molar refractivity (Wildman–Crippen MR) is 72.7 cm³/mol. The smallest absolute Gasteiger partial charge is 0.322 e. The molecule has 108 valence electrons.